The Bertz CT molecular complexity index is 595. The highest BCUT2D eigenvalue weighted by Gasteiger charge is 2.39. The van der Waals surface area contributed by atoms with Crippen molar-refractivity contribution in [1.82, 2.24) is 4.31 Å². The molecule has 1 aliphatic rings. The minimum absolute atomic E-state index is 0.0323. The van der Waals surface area contributed by atoms with Gasteiger partial charge in [-0.2, -0.15) is 4.31 Å². The maximum atomic E-state index is 12.4. The first-order valence-corrected chi connectivity index (χ1v) is 8.47. The summed E-state index contributed by atoms with van der Waals surface area (Å²) in [7, 11) is -3.67. The van der Waals surface area contributed by atoms with Crippen molar-refractivity contribution in [3.05, 3.63) is 20.5 Å². The molecule has 0 aromatic carbocycles. The number of sulfonamides is 1. The highest BCUT2D eigenvalue weighted by Crippen LogP contribution is 2.40. The van der Waals surface area contributed by atoms with Gasteiger partial charge in [0.2, 0.25) is 0 Å². The van der Waals surface area contributed by atoms with Crippen molar-refractivity contribution in [1.29, 1.82) is 0 Å². The Morgan fingerprint density at radius 3 is 2.63 bits per heavy atom. The van der Waals surface area contributed by atoms with Gasteiger partial charge in [0, 0.05) is 18.7 Å². The molecule has 2 rings (SSSR count). The summed E-state index contributed by atoms with van der Waals surface area (Å²) in [5.74, 6) is 0. The second-order valence-corrected chi connectivity index (χ2v) is 8.10. The van der Waals surface area contributed by atoms with Gasteiger partial charge in [-0.25, -0.2) is 8.42 Å². The van der Waals surface area contributed by atoms with Crippen LogP contribution < -0.4 is 0 Å². The van der Waals surface area contributed by atoms with Gasteiger partial charge in [-0.05, 0) is 19.3 Å². The maximum Gasteiger partial charge on any atom is 0.300 e. The standard InChI is InChI=1S/C10H13ClN2O4S2/c1-2-5-12(7-3-4-7)19(16,17)9-6-8(13(14)15)10(11)18-9/h6-7H,2-5H2,1H3. The van der Waals surface area contributed by atoms with Crippen LogP contribution >= 0.6 is 22.9 Å². The van der Waals surface area contributed by atoms with Crippen LogP contribution in [0.25, 0.3) is 0 Å². The number of rotatable bonds is 6. The van der Waals surface area contributed by atoms with Crippen molar-refractivity contribution in [2.24, 2.45) is 0 Å². The molecular weight excluding hydrogens is 312 g/mol. The predicted molar refractivity (Wildman–Crippen MR) is 73.2 cm³/mol. The zero-order chi connectivity index (χ0) is 14.2. The van der Waals surface area contributed by atoms with Crippen molar-refractivity contribution < 1.29 is 13.3 Å². The lowest BCUT2D eigenvalue weighted by molar-refractivity contribution is -0.384. The summed E-state index contributed by atoms with van der Waals surface area (Å²) in [6, 6.07) is 1.08. The van der Waals surface area contributed by atoms with E-state index in [1.165, 1.54) is 4.31 Å². The Balaban J connectivity index is 2.37. The summed E-state index contributed by atoms with van der Waals surface area (Å²) in [6.45, 7) is 2.32. The number of hydrogen-bond acceptors (Lipinski definition) is 5. The maximum absolute atomic E-state index is 12.4. The number of halogens is 1. The van der Waals surface area contributed by atoms with Crippen LogP contribution in [-0.2, 0) is 10.0 Å². The van der Waals surface area contributed by atoms with Crippen LogP contribution in [0.4, 0.5) is 5.69 Å². The van der Waals surface area contributed by atoms with Crippen molar-refractivity contribution in [2.75, 3.05) is 6.54 Å². The molecule has 0 atom stereocenters. The minimum Gasteiger partial charge on any atom is -0.258 e. The van der Waals surface area contributed by atoms with Crippen molar-refractivity contribution in [2.45, 2.75) is 36.4 Å². The van der Waals surface area contributed by atoms with E-state index in [4.69, 9.17) is 11.6 Å². The SMILES string of the molecule is CCCN(C1CC1)S(=O)(=O)c1cc([N+](=O)[O-])c(Cl)s1. The molecule has 1 fully saturated rings. The van der Waals surface area contributed by atoms with E-state index in [-0.39, 0.29) is 20.3 Å². The first kappa shape index (κ1) is 14.7. The molecule has 0 N–H and O–H groups in total. The molecule has 0 spiro atoms. The highest BCUT2D eigenvalue weighted by atomic mass is 35.5. The molecule has 0 bridgehead atoms. The molecule has 0 unspecified atom stereocenters. The quantitative estimate of drug-likeness (QED) is 0.595. The Labute approximate surface area is 120 Å². The summed E-state index contributed by atoms with van der Waals surface area (Å²) in [5, 5.41) is 10.7. The fourth-order valence-electron chi connectivity index (χ4n) is 1.79. The summed E-state index contributed by atoms with van der Waals surface area (Å²) in [5.41, 5.74) is -0.350. The molecule has 106 valence electrons. The van der Waals surface area contributed by atoms with E-state index < -0.39 is 14.9 Å². The zero-order valence-corrected chi connectivity index (χ0v) is 12.6. The summed E-state index contributed by atoms with van der Waals surface area (Å²) >= 11 is 6.46. The zero-order valence-electron chi connectivity index (χ0n) is 10.2. The molecule has 1 aliphatic carbocycles. The van der Waals surface area contributed by atoms with Gasteiger partial charge in [-0.1, -0.05) is 18.5 Å². The van der Waals surface area contributed by atoms with E-state index in [1.54, 1.807) is 0 Å². The summed E-state index contributed by atoms with van der Waals surface area (Å²) in [4.78, 5) is 10.1. The van der Waals surface area contributed by atoms with Crippen LogP contribution in [0.1, 0.15) is 26.2 Å². The van der Waals surface area contributed by atoms with Crippen molar-refractivity contribution in [3.8, 4) is 0 Å². The van der Waals surface area contributed by atoms with Crippen molar-refractivity contribution >= 4 is 38.6 Å². The van der Waals surface area contributed by atoms with Gasteiger partial charge in [-0.15, -0.1) is 11.3 Å². The van der Waals surface area contributed by atoms with Gasteiger partial charge in [0.15, 0.2) is 4.34 Å². The highest BCUT2D eigenvalue weighted by molar-refractivity contribution is 7.91. The van der Waals surface area contributed by atoms with E-state index in [9.17, 15) is 18.5 Å². The Hall–Kier alpha value is -0.700. The monoisotopic (exact) mass is 324 g/mol. The molecule has 0 aliphatic heterocycles. The molecule has 0 radical (unpaired) electrons. The van der Waals surface area contributed by atoms with Gasteiger partial charge < -0.3 is 0 Å². The Kier molecular flexibility index (Phi) is 4.14. The van der Waals surface area contributed by atoms with Crippen LogP contribution in [0.2, 0.25) is 4.34 Å². The van der Waals surface area contributed by atoms with E-state index >= 15 is 0 Å². The molecule has 0 amide bonds. The van der Waals surface area contributed by atoms with Gasteiger partial charge in [0.1, 0.15) is 4.21 Å². The van der Waals surface area contributed by atoms with Crippen LogP contribution in [0.5, 0.6) is 0 Å². The third-order valence-corrected chi connectivity index (χ3v) is 6.54. The number of nitro groups is 1. The lowest BCUT2D eigenvalue weighted by Gasteiger charge is -2.19. The molecule has 0 saturated heterocycles. The fourth-order valence-corrected chi connectivity index (χ4v) is 5.36. The Morgan fingerprint density at radius 1 is 1.58 bits per heavy atom. The van der Waals surface area contributed by atoms with Gasteiger partial charge >= 0.3 is 0 Å². The third kappa shape index (κ3) is 2.91. The van der Waals surface area contributed by atoms with Crippen LogP contribution in [0, 0.1) is 10.1 Å². The minimum atomic E-state index is -3.67. The topological polar surface area (TPSA) is 80.5 Å². The lowest BCUT2D eigenvalue weighted by atomic mass is 10.5. The lowest BCUT2D eigenvalue weighted by Crippen LogP contribution is -2.33. The van der Waals surface area contributed by atoms with E-state index in [0.29, 0.717) is 13.0 Å². The summed E-state index contributed by atoms with van der Waals surface area (Å²) in [6.07, 6.45) is 2.40. The van der Waals surface area contributed by atoms with E-state index in [0.717, 1.165) is 30.2 Å². The first-order valence-electron chi connectivity index (χ1n) is 5.83. The third-order valence-electron chi connectivity index (χ3n) is 2.80. The average molecular weight is 325 g/mol. The fraction of sp³-hybridized carbons (Fsp3) is 0.600. The van der Waals surface area contributed by atoms with Crippen molar-refractivity contribution in [3.63, 3.8) is 0 Å². The predicted octanol–water partition coefficient (Wildman–Crippen LogP) is 2.87. The smallest absolute Gasteiger partial charge is 0.258 e. The summed E-state index contributed by atoms with van der Waals surface area (Å²) < 4.78 is 26.2. The van der Waals surface area contributed by atoms with Crippen LogP contribution in [0.3, 0.4) is 0 Å². The van der Waals surface area contributed by atoms with Crippen LogP contribution in [-0.4, -0.2) is 30.2 Å². The number of nitrogens with zero attached hydrogens (tertiary/aromatic N) is 2. The molecule has 1 saturated carbocycles. The van der Waals surface area contributed by atoms with Gasteiger partial charge in [0.25, 0.3) is 15.7 Å². The Morgan fingerprint density at radius 2 is 2.21 bits per heavy atom. The number of thiophene rings is 1. The van der Waals surface area contributed by atoms with Crippen LogP contribution in [0.15, 0.2) is 10.3 Å². The first-order chi connectivity index (χ1) is 8.87. The van der Waals surface area contributed by atoms with E-state index in [1.807, 2.05) is 6.92 Å². The molecule has 1 aromatic rings. The molecule has 9 heteroatoms. The largest absolute Gasteiger partial charge is 0.300 e. The second-order valence-electron chi connectivity index (χ2n) is 4.33. The normalized spacial score (nSPS) is 15.9. The molecule has 1 heterocycles. The van der Waals surface area contributed by atoms with Gasteiger partial charge in [0.05, 0.1) is 4.92 Å². The van der Waals surface area contributed by atoms with Gasteiger partial charge in [-0.3, -0.25) is 10.1 Å². The van der Waals surface area contributed by atoms with E-state index in [2.05, 4.69) is 0 Å². The average Bonchev–Trinajstić information content (AvgIpc) is 3.07. The molecular formula is C10H13ClN2O4S2. The molecule has 6 nitrogen and oxygen atoms in total. The second kappa shape index (κ2) is 5.35. The molecule has 1 aromatic heterocycles. The molecule has 19 heavy (non-hydrogen) atoms. The number of hydrogen-bond donors (Lipinski definition) is 0.